The van der Waals surface area contributed by atoms with Gasteiger partial charge in [-0.25, -0.2) is 0 Å². The lowest BCUT2D eigenvalue weighted by atomic mass is 9.82. The number of hydrogen-bond acceptors (Lipinski definition) is 3. The van der Waals surface area contributed by atoms with Crippen molar-refractivity contribution in [3.8, 4) is 0 Å². The van der Waals surface area contributed by atoms with E-state index < -0.39 is 0 Å². The fourth-order valence-electron chi connectivity index (χ4n) is 3.65. The number of carbonyl (C=O) groups excluding carboxylic acids is 2. The number of fused-ring (bicyclic) bond motifs is 3. The molecule has 0 unspecified atom stereocenters. The van der Waals surface area contributed by atoms with Crippen molar-refractivity contribution in [3.63, 3.8) is 0 Å². The molecule has 0 radical (unpaired) electrons. The van der Waals surface area contributed by atoms with E-state index in [0.29, 0.717) is 21.9 Å². The van der Waals surface area contributed by atoms with Crippen LogP contribution in [-0.2, 0) is 0 Å². The van der Waals surface area contributed by atoms with Crippen molar-refractivity contribution in [2.24, 2.45) is 0 Å². The van der Waals surface area contributed by atoms with Gasteiger partial charge in [-0.1, -0.05) is 83.5 Å². The van der Waals surface area contributed by atoms with Crippen molar-refractivity contribution < 1.29 is 9.59 Å². The zero-order valence-corrected chi connectivity index (χ0v) is 17.2. The first-order valence-corrected chi connectivity index (χ1v) is 10.5. The van der Waals surface area contributed by atoms with Gasteiger partial charge in [-0.2, -0.15) is 0 Å². The molecule has 0 atom stereocenters. The molecule has 0 spiro atoms. The summed E-state index contributed by atoms with van der Waals surface area (Å²) in [5.74, 6) is -0.545. The Bertz CT molecular complexity index is 1330. The molecule has 140 valence electrons. The molecule has 4 aromatic rings. The number of rotatable bonds is 2. The summed E-state index contributed by atoms with van der Waals surface area (Å²) >= 11 is 14.9. The molecule has 0 saturated heterocycles. The van der Waals surface area contributed by atoms with Crippen molar-refractivity contribution in [1.29, 1.82) is 0 Å². The maximum Gasteiger partial charge on any atom is 0.196 e. The molecule has 29 heavy (non-hydrogen) atoms. The van der Waals surface area contributed by atoms with E-state index >= 15 is 0 Å². The highest BCUT2D eigenvalue weighted by Gasteiger charge is 2.34. The Morgan fingerprint density at radius 3 is 1.76 bits per heavy atom. The van der Waals surface area contributed by atoms with Crippen molar-refractivity contribution >= 4 is 57.3 Å². The molecule has 0 bridgehead atoms. The van der Waals surface area contributed by atoms with Gasteiger partial charge < -0.3 is 0 Å². The largest absolute Gasteiger partial charge is 0.289 e. The molecular formula is C24H12Cl2O2S. The van der Waals surface area contributed by atoms with Crippen LogP contribution in [0.2, 0.25) is 10.0 Å². The maximum atomic E-state index is 13.1. The lowest BCUT2D eigenvalue weighted by Crippen LogP contribution is -2.22. The van der Waals surface area contributed by atoms with Crippen LogP contribution < -0.4 is 0 Å². The Morgan fingerprint density at radius 2 is 1.14 bits per heavy atom. The summed E-state index contributed by atoms with van der Waals surface area (Å²) in [6, 6.07) is 22.4. The minimum absolute atomic E-state index is 0.190. The topological polar surface area (TPSA) is 34.1 Å². The average molecular weight is 435 g/mol. The summed E-state index contributed by atoms with van der Waals surface area (Å²) in [7, 11) is 0. The predicted octanol–water partition coefficient (Wildman–Crippen LogP) is 7.07. The number of benzene rings is 4. The summed E-state index contributed by atoms with van der Waals surface area (Å²) in [4.78, 5) is 28.3. The van der Waals surface area contributed by atoms with Crippen LogP contribution in [-0.4, -0.2) is 11.6 Å². The van der Waals surface area contributed by atoms with Crippen LogP contribution in [0.4, 0.5) is 0 Å². The second-order valence-electron chi connectivity index (χ2n) is 6.70. The van der Waals surface area contributed by atoms with Crippen LogP contribution >= 0.6 is 35.0 Å². The standard InChI is InChI=1S/C24H12Cl2O2S/c25-21-15-11-10-14(29-13-6-2-1-3-7-13)12-18(15)22(26)20-19(21)23(27)16-8-4-5-9-17(16)24(20)28/h1-12H. The van der Waals surface area contributed by atoms with Gasteiger partial charge in [-0.15, -0.1) is 0 Å². The summed E-state index contributed by atoms with van der Waals surface area (Å²) in [5, 5.41) is 1.86. The molecule has 5 heteroatoms. The molecule has 0 aromatic heterocycles. The zero-order valence-electron chi connectivity index (χ0n) is 14.9. The summed E-state index contributed by atoms with van der Waals surface area (Å²) < 4.78 is 0. The summed E-state index contributed by atoms with van der Waals surface area (Å²) in [5.41, 5.74) is 1.10. The van der Waals surface area contributed by atoms with Gasteiger partial charge in [0.05, 0.1) is 21.2 Å². The second-order valence-corrected chi connectivity index (χ2v) is 8.61. The maximum absolute atomic E-state index is 13.1. The van der Waals surface area contributed by atoms with Crippen molar-refractivity contribution in [2.75, 3.05) is 0 Å². The molecule has 1 aliphatic rings. The average Bonchev–Trinajstić information content (AvgIpc) is 2.75. The van der Waals surface area contributed by atoms with Crippen LogP contribution in [0, 0.1) is 0 Å². The first kappa shape index (κ1) is 18.4. The van der Waals surface area contributed by atoms with E-state index in [0.717, 1.165) is 9.79 Å². The molecule has 1 aliphatic carbocycles. The SMILES string of the molecule is O=C1c2ccccc2C(=O)c2c1c(Cl)c1ccc(Sc3ccccc3)cc1c2Cl. The van der Waals surface area contributed by atoms with Crippen LogP contribution in [0.1, 0.15) is 31.8 Å². The van der Waals surface area contributed by atoms with Gasteiger partial charge in [0.2, 0.25) is 0 Å². The molecule has 0 amide bonds. The van der Waals surface area contributed by atoms with E-state index in [-0.39, 0.29) is 32.7 Å². The number of hydrogen-bond donors (Lipinski definition) is 0. The van der Waals surface area contributed by atoms with E-state index in [4.69, 9.17) is 23.2 Å². The minimum Gasteiger partial charge on any atom is -0.289 e. The molecule has 4 aromatic carbocycles. The third kappa shape index (κ3) is 2.89. The lowest BCUT2D eigenvalue weighted by molar-refractivity contribution is 0.0979. The lowest BCUT2D eigenvalue weighted by Gasteiger charge is -2.21. The quantitative estimate of drug-likeness (QED) is 0.297. The molecule has 0 heterocycles. The van der Waals surface area contributed by atoms with Crippen LogP contribution in [0.25, 0.3) is 10.8 Å². The Hall–Kier alpha value is -2.59. The van der Waals surface area contributed by atoms with E-state index in [1.165, 1.54) is 0 Å². The first-order chi connectivity index (χ1) is 14.1. The molecule has 2 nitrogen and oxygen atoms in total. The molecule has 0 fully saturated rings. The van der Waals surface area contributed by atoms with Gasteiger partial charge in [0, 0.05) is 31.7 Å². The van der Waals surface area contributed by atoms with Gasteiger partial charge in [-0.3, -0.25) is 9.59 Å². The minimum atomic E-state index is -0.273. The van der Waals surface area contributed by atoms with Gasteiger partial charge in [0.25, 0.3) is 0 Å². The first-order valence-electron chi connectivity index (χ1n) is 8.92. The third-order valence-corrected chi connectivity index (χ3v) is 6.78. The smallest absolute Gasteiger partial charge is 0.196 e. The Labute approximate surface area is 181 Å². The van der Waals surface area contributed by atoms with E-state index in [1.54, 1.807) is 36.0 Å². The summed E-state index contributed by atoms with van der Waals surface area (Å²) in [6.45, 7) is 0. The van der Waals surface area contributed by atoms with Gasteiger partial charge in [0.15, 0.2) is 11.6 Å². The molecule has 5 rings (SSSR count). The highest BCUT2D eigenvalue weighted by atomic mass is 35.5. The van der Waals surface area contributed by atoms with Gasteiger partial charge >= 0.3 is 0 Å². The van der Waals surface area contributed by atoms with Crippen molar-refractivity contribution in [2.45, 2.75) is 9.79 Å². The van der Waals surface area contributed by atoms with Gasteiger partial charge in [-0.05, 0) is 24.3 Å². The molecular weight excluding hydrogens is 423 g/mol. The fourth-order valence-corrected chi connectivity index (χ4v) is 5.21. The third-order valence-electron chi connectivity index (χ3n) is 5.00. The Balaban J connectivity index is 1.73. The monoisotopic (exact) mass is 434 g/mol. The molecule has 0 aliphatic heterocycles. The van der Waals surface area contributed by atoms with E-state index in [2.05, 4.69) is 0 Å². The fraction of sp³-hybridized carbons (Fsp3) is 0. The van der Waals surface area contributed by atoms with Crippen LogP contribution in [0.15, 0.2) is 82.6 Å². The zero-order chi connectivity index (χ0) is 20.1. The number of carbonyl (C=O) groups is 2. The number of ketones is 2. The molecule has 0 N–H and O–H groups in total. The summed E-state index contributed by atoms with van der Waals surface area (Å²) in [6.07, 6.45) is 0. The van der Waals surface area contributed by atoms with E-state index in [9.17, 15) is 9.59 Å². The Morgan fingerprint density at radius 1 is 0.586 bits per heavy atom. The second kappa shape index (κ2) is 7.03. The van der Waals surface area contributed by atoms with Crippen molar-refractivity contribution in [1.82, 2.24) is 0 Å². The van der Waals surface area contributed by atoms with Crippen LogP contribution in [0.5, 0.6) is 0 Å². The normalized spacial score (nSPS) is 12.8. The molecule has 0 saturated carbocycles. The van der Waals surface area contributed by atoms with E-state index in [1.807, 2.05) is 48.5 Å². The highest BCUT2D eigenvalue weighted by molar-refractivity contribution is 7.99. The number of halogens is 2. The van der Waals surface area contributed by atoms with Crippen molar-refractivity contribution in [3.05, 3.63) is 105 Å². The highest BCUT2D eigenvalue weighted by Crippen LogP contribution is 2.43. The van der Waals surface area contributed by atoms with Gasteiger partial charge in [0.1, 0.15) is 0 Å². The Kier molecular flexibility index (Phi) is 4.47. The van der Waals surface area contributed by atoms with Crippen LogP contribution in [0.3, 0.4) is 0 Å². The predicted molar refractivity (Wildman–Crippen MR) is 118 cm³/mol.